The third-order valence-corrected chi connectivity index (χ3v) is 1.92. The van der Waals surface area contributed by atoms with Crippen molar-refractivity contribution >= 4 is 11.9 Å². The van der Waals surface area contributed by atoms with Crippen molar-refractivity contribution < 1.29 is 9.47 Å². The van der Waals surface area contributed by atoms with Crippen LogP contribution in [0.25, 0.3) is 0 Å². The zero-order chi connectivity index (χ0) is 9.80. The van der Waals surface area contributed by atoms with E-state index in [1.807, 2.05) is 18.2 Å². The molecule has 0 unspecified atom stereocenters. The van der Waals surface area contributed by atoms with Crippen molar-refractivity contribution in [3.8, 4) is 5.75 Å². The van der Waals surface area contributed by atoms with E-state index < -0.39 is 0 Å². The quantitative estimate of drug-likeness (QED) is 0.673. The molecular formula is C10H11N2O2. The van der Waals surface area contributed by atoms with Gasteiger partial charge in [0.05, 0.1) is 18.5 Å². The summed E-state index contributed by atoms with van der Waals surface area (Å²) in [6.07, 6.45) is 1.73. The van der Waals surface area contributed by atoms with Gasteiger partial charge in [0, 0.05) is 18.7 Å². The number of hydrogen-bond acceptors (Lipinski definition) is 3. The van der Waals surface area contributed by atoms with Gasteiger partial charge in [-0.25, -0.2) is 0 Å². The second-order valence-electron chi connectivity index (χ2n) is 2.91. The first-order chi connectivity index (χ1) is 6.90. The first kappa shape index (κ1) is 9.02. The molecule has 0 amide bonds. The van der Waals surface area contributed by atoms with E-state index >= 15 is 0 Å². The molecule has 4 nitrogen and oxygen atoms in total. The molecule has 0 bridgehead atoms. The van der Waals surface area contributed by atoms with E-state index in [1.54, 1.807) is 13.3 Å². The van der Waals surface area contributed by atoms with Crippen molar-refractivity contribution in [1.29, 1.82) is 0 Å². The molecule has 0 fully saturated rings. The third-order valence-electron chi connectivity index (χ3n) is 1.92. The number of rotatable bonds is 4. The van der Waals surface area contributed by atoms with Crippen LogP contribution in [-0.4, -0.2) is 26.5 Å². The highest BCUT2D eigenvalue weighted by Crippen LogP contribution is 2.24. The molecule has 1 radical (unpaired) electrons. The lowest BCUT2D eigenvalue weighted by Gasteiger charge is -2.05. The van der Waals surface area contributed by atoms with Gasteiger partial charge in [0.25, 0.3) is 0 Å². The molecule has 0 N–H and O–H groups in total. The highest BCUT2D eigenvalue weighted by molar-refractivity contribution is 5.89. The van der Waals surface area contributed by atoms with Crippen molar-refractivity contribution in [3.63, 3.8) is 0 Å². The molecule has 14 heavy (non-hydrogen) atoms. The van der Waals surface area contributed by atoms with Crippen molar-refractivity contribution in [1.82, 2.24) is 5.43 Å². The highest BCUT2D eigenvalue weighted by Gasteiger charge is 2.08. The molecule has 4 heteroatoms. The Balaban J connectivity index is 2.00. The fourth-order valence-electron chi connectivity index (χ4n) is 1.21. The van der Waals surface area contributed by atoms with Gasteiger partial charge in [0.15, 0.2) is 0 Å². The number of hydrogen-bond donors (Lipinski definition) is 0. The van der Waals surface area contributed by atoms with Crippen LogP contribution >= 0.6 is 0 Å². The first-order valence-corrected chi connectivity index (χ1v) is 4.40. The average molecular weight is 191 g/mol. The number of fused-ring (bicyclic) bond motifs is 1. The van der Waals surface area contributed by atoms with Gasteiger partial charge < -0.3 is 9.47 Å². The molecule has 0 atom stereocenters. The van der Waals surface area contributed by atoms with Gasteiger partial charge >= 0.3 is 0 Å². The predicted molar refractivity (Wildman–Crippen MR) is 53.2 cm³/mol. The SMILES string of the molecule is COCCOc1ccc2c(c1)[N]N=C2. The van der Waals surface area contributed by atoms with E-state index in [4.69, 9.17) is 9.47 Å². The van der Waals surface area contributed by atoms with Crippen LogP contribution in [0, 0.1) is 0 Å². The monoisotopic (exact) mass is 191 g/mol. The molecule has 73 valence electrons. The van der Waals surface area contributed by atoms with E-state index in [-0.39, 0.29) is 0 Å². The maximum absolute atomic E-state index is 5.43. The lowest BCUT2D eigenvalue weighted by Crippen LogP contribution is -2.04. The van der Waals surface area contributed by atoms with E-state index in [0.29, 0.717) is 13.2 Å². The van der Waals surface area contributed by atoms with E-state index in [9.17, 15) is 0 Å². The molecule has 2 rings (SSSR count). The average Bonchev–Trinajstić information content (AvgIpc) is 2.65. The predicted octanol–water partition coefficient (Wildman–Crippen LogP) is 1.30. The fraction of sp³-hybridized carbons (Fsp3) is 0.300. The van der Waals surface area contributed by atoms with Gasteiger partial charge in [-0.3, -0.25) is 0 Å². The lowest BCUT2D eigenvalue weighted by atomic mass is 10.2. The van der Waals surface area contributed by atoms with Gasteiger partial charge in [-0.05, 0) is 12.1 Å². The molecule has 1 aliphatic rings. The number of benzene rings is 1. The van der Waals surface area contributed by atoms with Crippen molar-refractivity contribution in [2.24, 2.45) is 5.10 Å². The Labute approximate surface area is 82.5 Å². The van der Waals surface area contributed by atoms with Crippen LogP contribution in [0.15, 0.2) is 23.3 Å². The molecule has 0 aromatic heterocycles. The summed E-state index contributed by atoms with van der Waals surface area (Å²) in [6.45, 7) is 1.14. The van der Waals surface area contributed by atoms with Crippen molar-refractivity contribution in [2.75, 3.05) is 20.3 Å². The van der Waals surface area contributed by atoms with Gasteiger partial charge in [-0.2, -0.15) is 10.5 Å². The van der Waals surface area contributed by atoms with Crippen LogP contribution in [0.3, 0.4) is 0 Å². The van der Waals surface area contributed by atoms with Crippen LogP contribution in [0.4, 0.5) is 5.69 Å². The van der Waals surface area contributed by atoms with E-state index in [1.165, 1.54) is 0 Å². The third kappa shape index (κ3) is 1.85. The van der Waals surface area contributed by atoms with Crippen molar-refractivity contribution in [2.45, 2.75) is 0 Å². The standard InChI is InChI=1S/C10H11N2O2/c1-13-4-5-14-9-3-2-8-7-11-12-10(8)6-9/h2-3,6-7H,4-5H2,1H3. The highest BCUT2D eigenvalue weighted by atomic mass is 16.5. The van der Waals surface area contributed by atoms with Gasteiger partial charge in [0.1, 0.15) is 12.4 Å². The molecule has 0 spiro atoms. The Bertz CT molecular complexity index is 350. The molecule has 1 aliphatic heterocycles. The maximum atomic E-state index is 5.43. The summed E-state index contributed by atoms with van der Waals surface area (Å²) >= 11 is 0. The summed E-state index contributed by atoms with van der Waals surface area (Å²) in [4.78, 5) is 0. The van der Waals surface area contributed by atoms with Crippen LogP contribution in [0.1, 0.15) is 5.56 Å². The Morgan fingerprint density at radius 1 is 1.29 bits per heavy atom. The van der Waals surface area contributed by atoms with E-state index in [2.05, 4.69) is 10.5 Å². The summed E-state index contributed by atoms with van der Waals surface area (Å²) in [7, 11) is 1.65. The second kappa shape index (κ2) is 4.11. The summed E-state index contributed by atoms with van der Waals surface area (Å²) in [5.41, 5.74) is 5.84. The van der Waals surface area contributed by atoms with Crippen LogP contribution in [-0.2, 0) is 4.74 Å². The minimum atomic E-state index is 0.552. The van der Waals surface area contributed by atoms with Crippen molar-refractivity contribution in [3.05, 3.63) is 23.8 Å². The molecule has 1 heterocycles. The van der Waals surface area contributed by atoms with Gasteiger partial charge in [-0.15, -0.1) is 0 Å². The molecule has 0 aliphatic carbocycles. The minimum Gasteiger partial charge on any atom is -0.491 e. The number of ether oxygens (including phenoxy) is 2. The number of methoxy groups -OCH3 is 1. The Kier molecular flexibility index (Phi) is 2.65. The molecule has 1 aromatic rings. The Morgan fingerprint density at radius 3 is 3.07 bits per heavy atom. The maximum Gasteiger partial charge on any atom is 0.121 e. The Hall–Kier alpha value is -1.55. The van der Waals surface area contributed by atoms with E-state index in [0.717, 1.165) is 17.0 Å². The topological polar surface area (TPSA) is 44.9 Å². The van der Waals surface area contributed by atoms with Crippen LogP contribution < -0.4 is 10.2 Å². The first-order valence-electron chi connectivity index (χ1n) is 4.40. The van der Waals surface area contributed by atoms with Crippen LogP contribution in [0.5, 0.6) is 5.75 Å². The summed E-state index contributed by atoms with van der Waals surface area (Å²) in [5, 5.41) is 3.81. The summed E-state index contributed by atoms with van der Waals surface area (Å²) in [6, 6.07) is 5.72. The zero-order valence-electron chi connectivity index (χ0n) is 7.93. The van der Waals surface area contributed by atoms with Crippen LogP contribution in [0.2, 0.25) is 0 Å². The molecule has 0 saturated carbocycles. The normalized spacial score (nSPS) is 12.4. The summed E-state index contributed by atoms with van der Waals surface area (Å²) in [5.74, 6) is 0.801. The largest absolute Gasteiger partial charge is 0.491 e. The number of nitrogens with zero attached hydrogens (tertiary/aromatic N) is 2. The van der Waals surface area contributed by atoms with Gasteiger partial charge in [-0.1, -0.05) is 0 Å². The smallest absolute Gasteiger partial charge is 0.121 e. The lowest BCUT2D eigenvalue weighted by molar-refractivity contribution is 0.146. The Morgan fingerprint density at radius 2 is 2.21 bits per heavy atom. The second-order valence-corrected chi connectivity index (χ2v) is 2.91. The summed E-state index contributed by atoms with van der Waals surface area (Å²) < 4.78 is 10.3. The molecular weight excluding hydrogens is 180 g/mol. The minimum absolute atomic E-state index is 0.552. The molecule has 1 aromatic carbocycles. The molecule has 0 saturated heterocycles. The zero-order valence-corrected chi connectivity index (χ0v) is 7.93. The fourth-order valence-corrected chi connectivity index (χ4v) is 1.21. The van der Waals surface area contributed by atoms with Gasteiger partial charge in [0.2, 0.25) is 0 Å².